The Bertz CT molecular complexity index is 186. The quantitative estimate of drug-likeness (QED) is 0.797. The standard InChI is InChI=1S/C12H26N2S/c1-5-12(3)10-14(8-6-7-13-12)9-11(2)15-4/h11,13H,5-10H2,1-4H3. The van der Waals surface area contributed by atoms with Crippen LogP contribution in [-0.4, -0.2) is 48.1 Å². The third kappa shape index (κ3) is 4.33. The van der Waals surface area contributed by atoms with Gasteiger partial charge in [0.1, 0.15) is 0 Å². The van der Waals surface area contributed by atoms with Crippen molar-refractivity contribution in [2.75, 3.05) is 32.4 Å². The molecule has 1 fully saturated rings. The van der Waals surface area contributed by atoms with Gasteiger partial charge in [-0.3, -0.25) is 0 Å². The van der Waals surface area contributed by atoms with Gasteiger partial charge in [-0.2, -0.15) is 11.8 Å². The molecule has 90 valence electrons. The number of nitrogens with zero attached hydrogens (tertiary/aromatic N) is 1. The monoisotopic (exact) mass is 230 g/mol. The molecule has 0 amide bonds. The van der Waals surface area contributed by atoms with Crippen molar-refractivity contribution in [1.82, 2.24) is 10.2 Å². The van der Waals surface area contributed by atoms with Gasteiger partial charge in [0, 0.05) is 23.9 Å². The van der Waals surface area contributed by atoms with Crippen LogP contribution in [0.4, 0.5) is 0 Å². The van der Waals surface area contributed by atoms with Gasteiger partial charge in [-0.1, -0.05) is 13.8 Å². The maximum atomic E-state index is 3.68. The molecule has 1 N–H and O–H groups in total. The Morgan fingerprint density at radius 1 is 1.53 bits per heavy atom. The van der Waals surface area contributed by atoms with Crippen molar-refractivity contribution in [2.45, 2.75) is 44.4 Å². The van der Waals surface area contributed by atoms with Crippen LogP contribution in [0.2, 0.25) is 0 Å². The minimum Gasteiger partial charge on any atom is -0.310 e. The summed E-state index contributed by atoms with van der Waals surface area (Å²) in [5, 5.41) is 4.43. The van der Waals surface area contributed by atoms with E-state index in [-0.39, 0.29) is 0 Å². The van der Waals surface area contributed by atoms with Crippen molar-refractivity contribution >= 4 is 11.8 Å². The van der Waals surface area contributed by atoms with Crippen molar-refractivity contribution in [3.8, 4) is 0 Å². The third-order valence-electron chi connectivity index (χ3n) is 3.47. The predicted molar refractivity (Wildman–Crippen MR) is 70.7 cm³/mol. The lowest BCUT2D eigenvalue weighted by Gasteiger charge is -2.33. The lowest BCUT2D eigenvalue weighted by molar-refractivity contribution is 0.217. The van der Waals surface area contributed by atoms with E-state index in [1.54, 1.807) is 0 Å². The second-order valence-electron chi connectivity index (χ2n) is 4.98. The van der Waals surface area contributed by atoms with Gasteiger partial charge in [-0.25, -0.2) is 0 Å². The number of nitrogens with one attached hydrogen (secondary N) is 1. The fourth-order valence-corrected chi connectivity index (χ4v) is 2.51. The van der Waals surface area contributed by atoms with Gasteiger partial charge in [0.2, 0.25) is 0 Å². The average Bonchev–Trinajstić information content (AvgIpc) is 2.41. The van der Waals surface area contributed by atoms with Crippen LogP contribution in [0.25, 0.3) is 0 Å². The van der Waals surface area contributed by atoms with E-state index in [9.17, 15) is 0 Å². The summed E-state index contributed by atoms with van der Waals surface area (Å²) < 4.78 is 0. The summed E-state index contributed by atoms with van der Waals surface area (Å²) >= 11 is 1.97. The van der Waals surface area contributed by atoms with Crippen LogP contribution in [0, 0.1) is 0 Å². The molecule has 0 aromatic heterocycles. The van der Waals surface area contributed by atoms with Crippen LogP contribution in [0.15, 0.2) is 0 Å². The molecule has 2 atom stereocenters. The topological polar surface area (TPSA) is 15.3 Å². The zero-order valence-corrected chi connectivity index (χ0v) is 11.5. The zero-order valence-electron chi connectivity index (χ0n) is 10.7. The first-order chi connectivity index (χ1) is 7.09. The molecule has 0 spiro atoms. The van der Waals surface area contributed by atoms with Crippen LogP contribution < -0.4 is 5.32 Å². The molecule has 2 unspecified atom stereocenters. The van der Waals surface area contributed by atoms with Crippen LogP contribution in [0.1, 0.15) is 33.6 Å². The summed E-state index contributed by atoms with van der Waals surface area (Å²) in [6, 6.07) is 0. The first kappa shape index (κ1) is 13.3. The van der Waals surface area contributed by atoms with E-state index in [1.165, 1.54) is 39.0 Å². The van der Waals surface area contributed by atoms with E-state index in [1.807, 2.05) is 11.8 Å². The number of thioether (sulfide) groups is 1. The first-order valence-corrected chi connectivity index (χ1v) is 7.38. The van der Waals surface area contributed by atoms with Gasteiger partial charge in [-0.05, 0) is 39.1 Å². The molecule has 0 aliphatic carbocycles. The summed E-state index contributed by atoms with van der Waals surface area (Å²) in [5.74, 6) is 0. The van der Waals surface area contributed by atoms with Gasteiger partial charge < -0.3 is 10.2 Å². The van der Waals surface area contributed by atoms with Crippen LogP contribution in [0.3, 0.4) is 0 Å². The van der Waals surface area contributed by atoms with Gasteiger partial charge in [0.05, 0.1) is 0 Å². The summed E-state index contributed by atoms with van der Waals surface area (Å²) in [5.41, 5.74) is 0.328. The molecule has 1 rings (SSSR count). The molecule has 1 saturated heterocycles. The number of rotatable bonds is 4. The van der Waals surface area contributed by atoms with Gasteiger partial charge >= 0.3 is 0 Å². The van der Waals surface area contributed by atoms with Gasteiger partial charge in [-0.15, -0.1) is 0 Å². The molecule has 3 heteroatoms. The lowest BCUT2D eigenvalue weighted by atomic mass is 9.98. The van der Waals surface area contributed by atoms with E-state index in [0.29, 0.717) is 5.54 Å². The molecular weight excluding hydrogens is 204 g/mol. The molecule has 1 aliphatic rings. The first-order valence-electron chi connectivity index (χ1n) is 6.10. The Kier molecular flexibility index (Phi) is 5.44. The summed E-state index contributed by atoms with van der Waals surface area (Å²) in [6.07, 6.45) is 4.72. The molecule has 2 nitrogen and oxygen atoms in total. The lowest BCUT2D eigenvalue weighted by Crippen LogP contribution is -2.49. The Morgan fingerprint density at radius 2 is 2.27 bits per heavy atom. The van der Waals surface area contributed by atoms with Gasteiger partial charge in [0.25, 0.3) is 0 Å². The van der Waals surface area contributed by atoms with Crippen molar-refractivity contribution in [3.05, 3.63) is 0 Å². The zero-order chi connectivity index (χ0) is 11.3. The molecule has 1 aliphatic heterocycles. The summed E-state index contributed by atoms with van der Waals surface area (Å²) in [4.78, 5) is 2.63. The molecule has 0 aromatic rings. The Hall–Kier alpha value is 0.270. The minimum absolute atomic E-state index is 0.328. The highest BCUT2D eigenvalue weighted by atomic mass is 32.2. The number of hydrogen-bond acceptors (Lipinski definition) is 3. The molecular formula is C12H26N2S. The second-order valence-corrected chi connectivity index (χ2v) is 6.25. The maximum Gasteiger partial charge on any atom is 0.0277 e. The maximum absolute atomic E-state index is 3.68. The van der Waals surface area contributed by atoms with Crippen LogP contribution in [0.5, 0.6) is 0 Å². The Labute approximate surface area is 99.2 Å². The molecule has 0 aromatic carbocycles. The highest BCUT2D eigenvalue weighted by Gasteiger charge is 2.27. The largest absolute Gasteiger partial charge is 0.310 e. The van der Waals surface area contributed by atoms with E-state index in [2.05, 4.69) is 37.2 Å². The summed E-state index contributed by atoms with van der Waals surface area (Å²) in [6.45, 7) is 11.8. The Balaban J connectivity index is 2.49. The highest BCUT2D eigenvalue weighted by Crippen LogP contribution is 2.17. The molecule has 15 heavy (non-hydrogen) atoms. The normalized spacial score (nSPS) is 31.2. The summed E-state index contributed by atoms with van der Waals surface area (Å²) in [7, 11) is 0. The SMILES string of the molecule is CCC1(C)CN(CC(C)SC)CCCN1. The van der Waals surface area contributed by atoms with Crippen molar-refractivity contribution in [3.63, 3.8) is 0 Å². The fraction of sp³-hybridized carbons (Fsp3) is 1.00. The third-order valence-corrected chi connectivity index (χ3v) is 4.43. The van der Waals surface area contributed by atoms with Crippen LogP contribution >= 0.6 is 11.8 Å². The van der Waals surface area contributed by atoms with Crippen molar-refractivity contribution in [1.29, 1.82) is 0 Å². The molecule has 1 heterocycles. The van der Waals surface area contributed by atoms with Gasteiger partial charge in [0.15, 0.2) is 0 Å². The van der Waals surface area contributed by atoms with Crippen LogP contribution in [-0.2, 0) is 0 Å². The average molecular weight is 230 g/mol. The Morgan fingerprint density at radius 3 is 2.87 bits per heavy atom. The van der Waals surface area contributed by atoms with Crippen molar-refractivity contribution < 1.29 is 0 Å². The number of hydrogen-bond donors (Lipinski definition) is 1. The van der Waals surface area contributed by atoms with E-state index in [0.717, 1.165) is 5.25 Å². The molecule has 0 radical (unpaired) electrons. The minimum atomic E-state index is 0.328. The van der Waals surface area contributed by atoms with E-state index < -0.39 is 0 Å². The highest BCUT2D eigenvalue weighted by molar-refractivity contribution is 7.99. The molecule has 0 bridgehead atoms. The van der Waals surface area contributed by atoms with E-state index in [4.69, 9.17) is 0 Å². The molecule has 0 saturated carbocycles. The van der Waals surface area contributed by atoms with E-state index >= 15 is 0 Å². The second kappa shape index (κ2) is 6.12. The van der Waals surface area contributed by atoms with Crippen molar-refractivity contribution in [2.24, 2.45) is 0 Å². The fourth-order valence-electron chi connectivity index (χ4n) is 2.15. The predicted octanol–water partition coefficient (Wildman–Crippen LogP) is 2.20. The smallest absolute Gasteiger partial charge is 0.0277 e.